The molecule has 0 saturated carbocycles. The van der Waals surface area contributed by atoms with Gasteiger partial charge in [-0.05, 0) is 0 Å². The normalized spacial score (nSPS) is 5.91. The summed E-state index contributed by atoms with van der Waals surface area (Å²) < 4.78 is 2.10. The SMILES string of the molecule is CC.CC.CC.CC.CC.CC.CC.CC.[CH-]=CC[CH2-].[CH-]=CC[CH2-].[CH-]=CC[CH2-].[CH-]=C[CH2-].[CH-]=Cc1ccccc1[CH2-].[CH2-]C=CC[CH2-].[CH2-]C=Cc1[c-]cccc1.[CH2-]CC=CC[CH2-].[CH2-]C[CH]=[W].[CH3-].[W+2].[Y].[Y].[Y].[Y].[Y].[Y].[Y].[Y].[Y]. The minimum absolute atomic E-state index is 0. The van der Waals surface area contributed by atoms with Gasteiger partial charge < -0.3 is 107 Å². The predicted octanol–water partition coefficient (Wildman–Crippen LogP) is 21.8. The summed E-state index contributed by atoms with van der Waals surface area (Å²) in [7, 11) is 0. The summed E-state index contributed by atoms with van der Waals surface area (Å²) >= 11 is 1.52. The Labute approximate surface area is 734 Å². The minimum Gasteiger partial charge on any atom is -0.358 e. The summed E-state index contributed by atoms with van der Waals surface area (Å²) in [5.74, 6) is 0. The van der Waals surface area contributed by atoms with Crippen LogP contribution in [0, 0.1) is 123 Å². The molecule has 9 radical (unpaired) electrons. The topological polar surface area (TPSA) is 0 Å². The van der Waals surface area contributed by atoms with Crippen molar-refractivity contribution in [3.05, 3.63) is 242 Å². The maximum atomic E-state index is 5.29. The molecule has 11 heteroatoms. The molecule has 0 fully saturated rings. The van der Waals surface area contributed by atoms with Gasteiger partial charge in [0.05, 0.1) is 0 Å². The van der Waals surface area contributed by atoms with E-state index in [-0.39, 0.29) is 323 Å². The van der Waals surface area contributed by atoms with Crippen LogP contribution in [0.1, 0.15) is 172 Å². The average Bonchev–Trinajstić information content (AvgIpc) is 3.40. The van der Waals surface area contributed by atoms with Crippen molar-refractivity contribution in [1.29, 1.82) is 0 Å². The van der Waals surface area contributed by atoms with Crippen molar-refractivity contribution in [3.8, 4) is 0 Å². The van der Waals surface area contributed by atoms with Crippen molar-refractivity contribution in [2.75, 3.05) is 0 Å². The van der Waals surface area contributed by atoms with Crippen molar-refractivity contribution >= 4 is 16.6 Å². The molecule has 0 aliphatic carbocycles. The maximum Gasteiger partial charge on any atom is 2.00 e. The number of benzene rings is 2. The van der Waals surface area contributed by atoms with Crippen LogP contribution in [0.5, 0.6) is 0 Å². The van der Waals surface area contributed by atoms with Crippen LogP contribution in [0.4, 0.5) is 0 Å². The molecule has 0 bridgehead atoms. The van der Waals surface area contributed by atoms with Gasteiger partial charge >= 0.3 is 58.2 Å². The summed E-state index contributed by atoms with van der Waals surface area (Å²) in [5.41, 5.74) is 3.05. The van der Waals surface area contributed by atoms with Crippen LogP contribution in [-0.2, 0) is 335 Å². The van der Waals surface area contributed by atoms with Gasteiger partial charge in [-0.15, -0.1) is 60.2 Å². The molecule has 2 aromatic rings. The maximum absolute atomic E-state index is 5.29. The van der Waals surface area contributed by atoms with Crippen molar-refractivity contribution in [3.63, 3.8) is 0 Å². The van der Waals surface area contributed by atoms with E-state index in [0.29, 0.717) is 0 Å². The summed E-state index contributed by atoms with van der Waals surface area (Å²) in [5, 5.41) is 0. The zero-order chi connectivity index (χ0) is 54.5. The van der Waals surface area contributed by atoms with Crippen LogP contribution < -0.4 is 0 Å². The Balaban J connectivity index is -0.0000000145. The monoisotopic (exact) mass is 2050 g/mol. The third-order valence-electron chi connectivity index (χ3n) is 3.72. The molecular formula is C64H112W2Y9-16. The molecule has 0 N–H and O–H groups in total. The predicted molar refractivity (Wildman–Crippen MR) is 317 cm³/mol. The molecule has 0 unspecified atom stereocenters. The van der Waals surface area contributed by atoms with E-state index < -0.39 is 0 Å². The molecule has 0 saturated heterocycles. The van der Waals surface area contributed by atoms with Gasteiger partial charge in [-0.3, -0.25) is 12.7 Å². The van der Waals surface area contributed by atoms with E-state index in [4.69, 9.17) is 26.3 Å². The summed E-state index contributed by atoms with van der Waals surface area (Å²) in [6.07, 6.45) is 24.4. The van der Waals surface area contributed by atoms with Gasteiger partial charge in [-0.25, -0.2) is 32.4 Å². The number of hydrogen-bond donors (Lipinski definition) is 0. The summed E-state index contributed by atoms with van der Waals surface area (Å²) in [4.78, 5) is 0. The molecule has 0 spiro atoms. The molecule has 0 heterocycles. The first-order valence-corrected chi connectivity index (χ1v) is 24.8. The Kier molecular flexibility index (Phi) is 612. The summed E-state index contributed by atoms with van der Waals surface area (Å²) in [6, 6.07) is 18.6. The fourth-order valence-electron chi connectivity index (χ4n) is 1.69. The first kappa shape index (κ1) is 172. The number of rotatable bonds is 9. The van der Waals surface area contributed by atoms with E-state index in [1.165, 1.54) is 43.7 Å². The Morgan fingerprint density at radius 2 is 0.693 bits per heavy atom. The zero-order valence-corrected chi connectivity index (χ0v) is 83.6. The van der Waals surface area contributed by atoms with Crippen LogP contribution in [0.25, 0.3) is 12.2 Å². The molecule has 0 nitrogen and oxygen atoms in total. The van der Waals surface area contributed by atoms with Crippen LogP contribution >= 0.6 is 0 Å². The zero-order valence-electron chi connectivity index (χ0n) is 52.2. The number of allylic oxidation sites excluding steroid dienone is 9. The Hall–Kier alpha value is 7.02. The second kappa shape index (κ2) is 268. The molecule has 2 rings (SSSR count). The van der Waals surface area contributed by atoms with E-state index >= 15 is 0 Å². The smallest absolute Gasteiger partial charge is 0.358 e. The first-order valence-electron chi connectivity index (χ1n) is 23.1. The van der Waals surface area contributed by atoms with E-state index in [2.05, 4.69) is 93.2 Å². The molecule has 0 aromatic heterocycles. The Morgan fingerprint density at radius 1 is 0.440 bits per heavy atom. The molecule has 75 heavy (non-hydrogen) atoms. The van der Waals surface area contributed by atoms with Crippen LogP contribution in [0.2, 0.25) is 0 Å². The third-order valence-corrected chi connectivity index (χ3v) is 4.56. The van der Waals surface area contributed by atoms with Crippen LogP contribution in [0.15, 0.2) is 103 Å². The van der Waals surface area contributed by atoms with Crippen LogP contribution in [-0.4, -0.2) is 4.40 Å². The van der Waals surface area contributed by atoms with E-state index in [1.54, 1.807) is 18.2 Å². The molecule has 0 atom stereocenters. The van der Waals surface area contributed by atoms with Gasteiger partial charge in [0.1, 0.15) is 0 Å². The third kappa shape index (κ3) is 316. The fraction of sp³-hybridized carbons (Fsp3) is 0.359. The standard InChI is InChI=1S/2C9H8.C6H10.C5H8.3C4H6.C3H5.C3H4.8C2H6.CH3.2W.9Y/c1-3-9-7-5-4-6-8(9)2;1-2-6-9-7-4-3-5-8-9;1-3-5-6-4-2;1-3-5-4-2;3*1-3-4-2;2*1-3-2;8*1-2;;;;;;;;;;;;/h1,3-7H,2H2;2-7H,1H2;5-6H,1-4H2;3,5H,1-2,4H2;3*1,3H,2,4H2;1H,2-3H2;1,3H,2H2;8*1-2H3;1H3;;;;;;;;;;;/q7*-2;-1;-2;;;;;;;;;-1;;+2;;;;;;;;;. The molecule has 423 valence electrons. The summed E-state index contributed by atoms with van der Waals surface area (Å²) in [6.45, 7) is 95.0. The Morgan fingerprint density at radius 3 is 0.827 bits per heavy atom. The van der Waals surface area contributed by atoms with E-state index in [0.717, 1.165) is 61.6 Å². The van der Waals surface area contributed by atoms with Crippen molar-refractivity contribution in [2.24, 2.45) is 0 Å². The second-order valence-electron chi connectivity index (χ2n) is 7.66. The molecule has 0 amide bonds. The van der Waals surface area contributed by atoms with Gasteiger partial charge in [0.25, 0.3) is 0 Å². The van der Waals surface area contributed by atoms with Crippen molar-refractivity contribution in [1.82, 2.24) is 0 Å². The van der Waals surface area contributed by atoms with E-state index in [9.17, 15) is 0 Å². The largest absolute Gasteiger partial charge is 2.00 e. The quantitative estimate of drug-likeness (QED) is 0.173. The second-order valence-corrected chi connectivity index (χ2v) is 8.86. The van der Waals surface area contributed by atoms with Gasteiger partial charge in [0.15, 0.2) is 0 Å². The van der Waals surface area contributed by atoms with Crippen molar-refractivity contribution in [2.45, 2.75) is 156 Å². The van der Waals surface area contributed by atoms with Gasteiger partial charge in [0, 0.05) is 294 Å². The molecular weight excluding hydrogens is 1940 g/mol. The van der Waals surface area contributed by atoms with Gasteiger partial charge in [-0.1, -0.05) is 117 Å². The van der Waals surface area contributed by atoms with Crippen LogP contribution in [0.3, 0.4) is 0 Å². The van der Waals surface area contributed by atoms with Crippen molar-refractivity contribution < 1.29 is 335 Å². The molecule has 2 aromatic carbocycles. The van der Waals surface area contributed by atoms with Gasteiger partial charge in [0.2, 0.25) is 0 Å². The average molecular weight is 2050 g/mol. The van der Waals surface area contributed by atoms with Gasteiger partial charge in [-0.2, -0.15) is 68.4 Å². The minimum atomic E-state index is 0. The molecule has 0 aliphatic rings. The fourth-order valence-corrected chi connectivity index (χ4v) is 1.69. The number of hydrogen-bond acceptors (Lipinski definition) is 0. The Bertz CT molecular complexity index is 965. The molecule has 0 aliphatic heterocycles. The first-order chi connectivity index (χ1) is 31.2. The van der Waals surface area contributed by atoms with E-state index in [1.807, 2.05) is 184 Å².